The van der Waals surface area contributed by atoms with Crippen LogP contribution in [-0.2, 0) is 4.79 Å². The van der Waals surface area contributed by atoms with Crippen LogP contribution < -0.4 is 10.1 Å². The smallest absolute Gasteiger partial charge is 0.255 e. The molecule has 1 aliphatic rings. The van der Waals surface area contributed by atoms with Crippen LogP contribution in [0.2, 0.25) is 0 Å². The van der Waals surface area contributed by atoms with E-state index < -0.39 is 0 Å². The SMILES string of the molecule is CCOc1ccc(C(=O)N2CCCC(C(=O)Nc3ccc(C)cn3)C2)cn1. The van der Waals surface area contributed by atoms with Crippen LogP contribution in [0, 0.1) is 12.8 Å². The maximum absolute atomic E-state index is 12.7. The van der Waals surface area contributed by atoms with Gasteiger partial charge in [-0.05, 0) is 44.4 Å². The third-order valence-corrected chi connectivity index (χ3v) is 4.52. The van der Waals surface area contributed by atoms with Crippen LogP contribution in [0.15, 0.2) is 36.7 Å². The number of aryl methyl sites for hydroxylation is 1. The Morgan fingerprint density at radius 1 is 1.22 bits per heavy atom. The van der Waals surface area contributed by atoms with Crippen molar-refractivity contribution < 1.29 is 14.3 Å². The monoisotopic (exact) mass is 368 g/mol. The molecule has 0 aliphatic carbocycles. The Morgan fingerprint density at radius 2 is 2.07 bits per heavy atom. The summed E-state index contributed by atoms with van der Waals surface area (Å²) in [6.07, 6.45) is 4.77. The minimum atomic E-state index is -0.249. The summed E-state index contributed by atoms with van der Waals surface area (Å²) in [6, 6.07) is 7.08. The van der Waals surface area contributed by atoms with Crippen LogP contribution in [0.3, 0.4) is 0 Å². The van der Waals surface area contributed by atoms with Crippen LogP contribution in [-0.4, -0.2) is 46.4 Å². The first-order valence-electron chi connectivity index (χ1n) is 9.18. The third-order valence-electron chi connectivity index (χ3n) is 4.52. The fourth-order valence-electron chi connectivity index (χ4n) is 3.07. The standard InChI is InChI=1S/C20H24N4O3/c1-3-27-18-9-7-15(12-22-18)20(26)24-10-4-5-16(13-24)19(25)23-17-8-6-14(2)11-21-17/h6-9,11-12,16H,3-5,10,13H2,1-2H3,(H,21,23,25). The second-order valence-electron chi connectivity index (χ2n) is 6.62. The summed E-state index contributed by atoms with van der Waals surface area (Å²) < 4.78 is 5.30. The molecule has 3 heterocycles. The maximum Gasteiger partial charge on any atom is 0.255 e. The summed E-state index contributed by atoms with van der Waals surface area (Å²) in [5.74, 6) is 0.562. The molecule has 1 N–H and O–H groups in total. The molecule has 2 aromatic heterocycles. The molecule has 0 spiro atoms. The number of pyridine rings is 2. The van der Waals surface area contributed by atoms with Crippen LogP contribution in [0.1, 0.15) is 35.7 Å². The summed E-state index contributed by atoms with van der Waals surface area (Å²) in [7, 11) is 0. The Kier molecular flexibility index (Phi) is 6.01. The van der Waals surface area contributed by atoms with E-state index in [2.05, 4.69) is 15.3 Å². The summed E-state index contributed by atoms with van der Waals surface area (Å²) in [6.45, 7) is 5.38. The molecule has 142 valence electrons. The van der Waals surface area contributed by atoms with Gasteiger partial charge >= 0.3 is 0 Å². The molecular weight excluding hydrogens is 344 g/mol. The molecule has 1 fully saturated rings. The number of likely N-dealkylation sites (tertiary alicyclic amines) is 1. The molecule has 0 aromatic carbocycles. The molecule has 0 saturated carbocycles. The van der Waals surface area contributed by atoms with E-state index in [0.717, 1.165) is 18.4 Å². The van der Waals surface area contributed by atoms with Gasteiger partial charge in [-0.3, -0.25) is 9.59 Å². The predicted molar refractivity (Wildman–Crippen MR) is 102 cm³/mol. The average Bonchev–Trinajstić information content (AvgIpc) is 2.70. The van der Waals surface area contributed by atoms with Crippen LogP contribution in [0.4, 0.5) is 5.82 Å². The number of hydrogen-bond donors (Lipinski definition) is 1. The normalized spacial score (nSPS) is 16.7. The van der Waals surface area contributed by atoms with E-state index in [1.165, 1.54) is 6.20 Å². The number of anilines is 1. The summed E-state index contributed by atoms with van der Waals surface area (Å²) in [5, 5.41) is 2.84. The Bertz CT molecular complexity index is 790. The van der Waals surface area contributed by atoms with Gasteiger partial charge in [-0.15, -0.1) is 0 Å². The molecule has 7 heteroatoms. The second-order valence-corrected chi connectivity index (χ2v) is 6.62. The molecule has 27 heavy (non-hydrogen) atoms. The lowest BCUT2D eigenvalue weighted by molar-refractivity contribution is -0.121. The highest BCUT2D eigenvalue weighted by atomic mass is 16.5. The topological polar surface area (TPSA) is 84.4 Å². The molecule has 1 atom stereocenters. The van der Waals surface area contributed by atoms with Gasteiger partial charge < -0.3 is 15.0 Å². The van der Waals surface area contributed by atoms with Gasteiger partial charge in [-0.2, -0.15) is 0 Å². The summed E-state index contributed by atoms with van der Waals surface area (Å²) >= 11 is 0. The number of piperidine rings is 1. The molecule has 2 amide bonds. The first-order chi connectivity index (χ1) is 13.1. The van der Waals surface area contributed by atoms with Crippen molar-refractivity contribution in [3.63, 3.8) is 0 Å². The molecule has 1 saturated heterocycles. The van der Waals surface area contributed by atoms with Gasteiger partial charge in [0, 0.05) is 31.5 Å². The number of rotatable bonds is 5. The van der Waals surface area contributed by atoms with Crippen molar-refractivity contribution >= 4 is 17.6 Å². The van der Waals surface area contributed by atoms with Crippen molar-refractivity contribution in [3.8, 4) is 5.88 Å². The molecule has 0 bridgehead atoms. The van der Waals surface area contributed by atoms with E-state index in [1.807, 2.05) is 19.9 Å². The number of amides is 2. The second kappa shape index (κ2) is 8.62. The van der Waals surface area contributed by atoms with Crippen LogP contribution >= 0.6 is 0 Å². The number of ether oxygens (including phenoxy) is 1. The molecule has 1 unspecified atom stereocenters. The van der Waals surface area contributed by atoms with Crippen LogP contribution in [0.25, 0.3) is 0 Å². The van der Waals surface area contributed by atoms with Crippen LogP contribution in [0.5, 0.6) is 5.88 Å². The zero-order valence-corrected chi connectivity index (χ0v) is 15.6. The number of nitrogens with one attached hydrogen (secondary N) is 1. The number of carbonyl (C=O) groups excluding carboxylic acids is 2. The summed E-state index contributed by atoms with van der Waals surface area (Å²) in [4.78, 5) is 35.4. The molecule has 0 radical (unpaired) electrons. The Labute approximate surface area is 158 Å². The molecule has 3 rings (SSSR count). The maximum atomic E-state index is 12.7. The number of carbonyl (C=O) groups is 2. The van der Waals surface area contributed by atoms with Crippen molar-refractivity contribution in [2.24, 2.45) is 5.92 Å². The zero-order valence-electron chi connectivity index (χ0n) is 15.6. The number of nitrogens with zero attached hydrogens (tertiary/aromatic N) is 3. The highest BCUT2D eigenvalue weighted by molar-refractivity contribution is 5.95. The van der Waals surface area contributed by atoms with E-state index in [9.17, 15) is 9.59 Å². The van der Waals surface area contributed by atoms with E-state index in [0.29, 0.717) is 37.0 Å². The summed E-state index contributed by atoms with van der Waals surface area (Å²) in [5.41, 5.74) is 1.53. The predicted octanol–water partition coefficient (Wildman–Crippen LogP) is 2.67. The van der Waals surface area contributed by atoms with Gasteiger partial charge in [0.2, 0.25) is 11.8 Å². The Balaban J connectivity index is 1.61. The first-order valence-corrected chi connectivity index (χ1v) is 9.18. The highest BCUT2D eigenvalue weighted by Gasteiger charge is 2.29. The molecule has 7 nitrogen and oxygen atoms in total. The number of hydrogen-bond acceptors (Lipinski definition) is 5. The van der Waals surface area contributed by atoms with E-state index in [-0.39, 0.29) is 17.7 Å². The Hall–Kier alpha value is -2.96. The highest BCUT2D eigenvalue weighted by Crippen LogP contribution is 2.20. The quantitative estimate of drug-likeness (QED) is 0.877. The zero-order chi connectivity index (χ0) is 19.2. The minimum Gasteiger partial charge on any atom is -0.478 e. The van der Waals surface area contributed by atoms with Crippen molar-refractivity contribution in [2.75, 3.05) is 25.0 Å². The lowest BCUT2D eigenvalue weighted by Crippen LogP contribution is -2.43. The Morgan fingerprint density at radius 3 is 2.74 bits per heavy atom. The largest absolute Gasteiger partial charge is 0.478 e. The minimum absolute atomic E-state index is 0.103. The van der Waals surface area contributed by atoms with Crippen molar-refractivity contribution in [3.05, 3.63) is 47.8 Å². The molecule has 1 aliphatic heterocycles. The first kappa shape index (κ1) is 18.8. The average molecular weight is 368 g/mol. The van der Waals surface area contributed by atoms with E-state index in [4.69, 9.17) is 4.74 Å². The fraction of sp³-hybridized carbons (Fsp3) is 0.400. The molecular formula is C20H24N4O3. The third kappa shape index (κ3) is 4.81. The van der Waals surface area contributed by atoms with Gasteiger partial charge in [-0.25, -0.2) is 9.97 Å². The fourth-order valence-corrected chi connectivity index (χ4v) is 3.07. The molecule has 2 aromatic rings. The lowest BCUT2D eigenvalue weighted by Gasteiger charge is -2.32. The van der Waals surface area contributed by atoms with Crippen molar-refractivity contribution in [2.45, 2.75) is 26.7 Å². The van der Waals surface area contributed by atoms with E-state index >= 15 is 0 Å². The van der Waals surface area contributed by atoms with E-state index in [1.54, 1.807) is 29.3 Å². The van der Waals surface area contributed by atoms with Gasteiger partial charge in [0.05, 0.1) is 18.1 Å². The van der Waals surface area contributed by atoms with Gasteiger partial charge in [0.25, 0.3) is 5.91 Å². The van der Waals surface area contributed by atoms with Gasteiger partial charge in [-0.1, -0.05) is 6.07 Å². The van der Waals surface area contributed by atoms with Gasteiger partial charge in [0.15, 0.2) is 0 Å². The lowest BCUT2D eigenvalue weighted by atomic mass is 9.96. The number of aromatic nitrogens is 2. The van der Waals surface area contributed by atoms with Gasteiger partial charge in [0.1, 0.15) is 5.82 Å². The van der Waals surface area contributed by atoms with Crippen molar-refractivity contribution in [1.29, 1.82) is 0 Å². The van der Waals surface area contributed by atoms with Crippen molar-refractivity contribution in [1.82, 2.24) is 14.9 Å².